The fourth-order valence-electron chi connectivity index (χ4n) is 1.81. The smallest absolute Gasteiger partial charge is 0.258 e. The molecule has 0 saturated heterocycles. The zero-order valence-electron chi connectivity index (χ0n) is 10.6. The van der Waals surface area contributed by atoms with Crippen molar-refractivity contribution in [2.45, 2.75) is 0 Å². The van der Waals surface area contributed by atoms with Gasteiger partial charge in [-0.2, -0.15) is 4.37 Å². The Bertz CT molecular complexity index is 802. The molecule has 3 rings (SSSR count). The molecule has 0 aliphatic heterocycles. The van der Waals surface area contributed by atoms with Gasteiger partial charge in [0.1, 0.15) is 5.01 Å². The number of aromatic nitrogens is 2. The highest BCUT2D eigenvalue weighted by molar-refractivity contribution is 7.09. The highest BCUT2D eigenvalue weighted by Crippen LogP contribution is 2.28. The van der Waals surface area contributed by atoms with E-state index in [1.54, 1.807) is 24.3 Å². The van der Waals surface area contributed by atoms with E-state index in [9.17, 15) is 10.1 Å². The lowest BCUT2D eigenvalue weighted by atomic mass is 10.2. The zero-order chi connectivity index (χ0) is 14.8. The van der Waals surface area contributed by atoms with Crippen LogP contribution < -0.4 is 0 Å². The quantitative estimate of drug-likeness (QED) is 0.529. The van der Waals surface area contributed by atoms with Gasteiger partial charge >= 0.3 is 0 Å². The lowest BCUT2D eigenvalue weighted by Gasteiger charge is -1.96. The largest absolute Gasteiger partial charge is 0.270 e. The average molecular weight is 318 g/mol. The summed E-state index contributed by atoms with van der Waals surface area (Å²) in [6, 6.07) is 13.6. The number of halogens is 1. The van der Waals surface area contributed by atoms with E-state index >= 15 is 0 Å². The molecular formula is C14H8ClN3O2S. The molecule has 5 nitrogen and oxygen atoms in total. The Hall–Kier alpha value is -2.31. The second-order valence-electron chi connectivity index (χ2n) is 4.24. The van der Waals surface area contributed by atoms with Gasteiger partial charge in [0.05, 0.1) is 4.92 Å². The number of non-ortho nitro benzene ring substituents is 1. The van der Waals surface area contributed by atoms with Gasteiger partial charge in [-0.05, 0) is 35.8 Å². The van der Waals surface area contributed by atoms with Crippen LogP contribution in [0.3, 0.4) is 0 Å². The Morgan fingerprint density at radius 1 is 1.10 bits per heavy atom. The molecule has 1 aromatic heterocycles. The molecule has 2 aromatic carbocycles. The van der Waals surface area contributed by atoms with Crippen LogP contribution >= 0.6 is 23.1 Å². The van der Waals surface area contributed by atoms with Crippen molar-refractivity contribution in [1.29, 1.82) is 0 Å². The first kappa shape index (κ1) is 13.7. The van der Waals surface area contributed by atoms with Gasteiger partial charge in [-0.15, -0.1) is 0 Å². The summed E-state index contributed by atoms with van der Waals surface area (Å²) < 4.78 is 4.28. The van der Waals surface area contributed by atoms with Crippen LogP contribution in [0, 0.1) is 10.1 Å². The number of benzene rings is 2. The molecule has 21 heavy (non-hydrogen) atoms. The molecule has 104 valence electrons. The Morgan fingerprint density at radius 3 is 2.57 bits per heavy atom. The van der Waals surface area contributed by atoms with Crippen LogP contribution in [0.5, 0.6) is 0 Å². The summed E-state index contributed by atoms with van der Waals surface area (Å²) in [4.78, 5) is 14.8. The third kappa shape index (κ3) is 2.91. The molecule has 7 heteroatoms. The molecule has 0 amide bonds. The molecule has 0 atom stereocenters. The molecule has 0 N–H and O–H groups in total. The highest BCUT2D eigenvalue weighted by Gasteiger charge is 2.12. The Morgan fingerprint density at radius 2 is 1.86 bits per heavy atom. The van der Waals surface area contributed by atoms with Crippen molar-refractivity contribution in [3.05, 3.63) is 63.7 Å². The Labute approximate surface area is 129 Å². The molecule has 0 aliphatic carbocycles. The number of rotatable bonds is 3. The van der Waals surface area contributed by atoms with Gasteiger partial charge in [-0.25, -0.2) is 4.98 Å². The lowest BCUT2D eigenvalue weighted by Crippen LogP contribution is -1.88. The van der Waals surface area contributed by atoms with Gasteiger partial charge < -0.3 is 0 Å². The third-order valence-corrected chi connectivity index (χ3v) is 3.85. The Balaban J connectivity index is 1.96. The molecule has 0 bridgehead atoms. The van der Waals surface area contributed by atoms with Crippen LogP contribution in [0.4, 0.5) is 5.69 Å². The predicted octanol–water partition coefficient (Wildman–Crippen LogP) is 4.43. The standard InChI is InChI=1S/C14H8ClN3O2S/c15-11-6-4-9(5-7-11)13-16-14(21-17-13)10-2-1-3-12(8-10)18(19)20/h1-8H. The molecule has 0 fully saturated rings. The van der Waals surface area contributed by atoms with Gasteiger partial charge in [0.2, 0.25) is 0 Å². The first-order valence-electron chi connectivity index (χ1n) is 5.98. The maximum Gasteiger partial charge on any atom is 0.270 e. The fourth-order valence-corrected chi connectivity index (χ4v) is 2.61. The van der Waals surface area contributed by atoms with E-state index in [-0.39, 0.29) is 5.69 Å². The summed E-state index contributed by atoms with van der Waals surface area (Å²) in [5.74, 6) is 0.582. The molecule has 0 aliphatic rings. The van der Waals surface area contributed by atoms with Gasteiger partial charge in [-0.1, -0.05) is 23.7 Å². The number of hydrogen-bond donors (Lipinski definition) is 0. The van der Waals surface area contributed by atoms with Crippen molar-refractivity contribution in [3.8, 4) is 22.0 Å². The summed E-state index contributed by atoms with van der Waals surface area (Å²) in [7, 11) is 0. The maximum absolute atomic E-state index is 10.8. The first-order valence-corrected chi connectivity index (χ1v) is 7.13. The molecule has 3 aromatic rings. The summed E-state index contributed by atoms with van der Waals surface area (Å²) in [6.45, 7) is 0. The summed E-state index contributed by atoms with van der Waals surface area (Å²) in [5, 5.41) is 12.1. The minimum Gasteiger partial charge on any atom is -0.258 e. The van der Waals surface area contributed by atoms with Crippen LogP contribution in [0.15, 0.2) is 48.5 Å². The molecule has 0 saturated carbocycles. The monoisotopic (exact) mass is 317 g/mol. The number of nitro benzene ring substituents is 1. The van der Waals surface area contributed by atoms with Gasteiger partial charge in [0.25, 0.3) is 5.69 Å². The second-order valence-corrected chi connectivity index (χ2v) is 5.43. The third-order valence-electron chi connectivity index (χ3n) is 2.83. The van der Waals surface area contributed by atoms with Crippen molar-refractivity contribution in [1.82, 2.24) is 9.36 Å². The minimum atomic E-state index is -0.426. The normalized spacial score (nSPS) is 10.5. The number of hydrogen-bond acceptors (Lipinski definition) is 5. The van der Waals surface area contributed by atoms with E-state index in [0.29, 0.717) is 21.4 Å². The van der Waals surface area contributed by atoms with Gasteiger partial charge in [0.15, 0.2) is 5.82 Å². The van der Waals surface area contributed by atoms with Gasteiger partial charge in [-0.3, -0.25) is 10.1 Å². The van der Waals surface area contributed by atoms with E-state index in [1.807, 2.05) is 12.1 Å². The van der Waals surface area contributed by atoms with Crippen molar-refractivity contribution >= 4 is 28.8 Å². The highest BCUT2D eigenvalue weighted by atomic mass is 35.5. The second kappa shape index (κ2) is 5.59. The molecule has 0 radical (unpaired) electrons. The summed E-state index contributed by atoms with van der Waals surface area (Å²) in [5.41, 5.74) is 1.57. The fraction of sp³-hybridized carbons (Fsp3) is 0. The number of nitrogens with zero attached hydrogens (tertiary/aromatic N) is 3. The Kier molecular flexibility index (Phi) is 3.64. The summed E-state index contributed by atoms with van der Waals surface area (Å²) >= 11 is 7.05. The summed E-state index contributed by atoms with van der Waals surface area (Å²) in [6.07, 6.45) is 0. The van der Waals surface area contributed by atoms with Crippen molar-refractivity contribution in [3.63, 3.8) is 0 Å². The van der Waals surface area contributed by atoms with Crippen LogP contribution in [0.2, 0.25) is 5.02 Å². The van der Waals surface area contributed by atoms with Crippen LogP contribution in [-0.4, -0.2) is 14.3 Å². The zero-order valence-corrected chi connectivity index (χ0v) is 12.1. The van der Waals surface area contributed by atoms with Crippen LogP contribution in [-0.2, 0) is 0 Å². The molecule has 0 spiro atoms. The van der Waals surface area contributed by atoms with Crippen LogP contribution in [0.25, 0.3) is 22.0 Å². The van der Waals surface area contributed by atoms with E-state index in [1.165, 1.54) is 23.7 Å². The molecule has 0 unspecified atom stereocenters. The molecule has 1 heterocycles. The van der Waals surface area contributed by atoms with E-state index < -0.39 is 4.92 Å². The average Bonchev–Trinajstić information content (AvgIpc) is 2.98. The van der Waals surface area contributed by atoms with Crippen molar-refractivity contribution < 1.29 is 4.92 Å². The van der Waals surface area contributed by atoms with E-state index in [4.69, 9.17) is 11.6 Å². The number of nitro groups is 1. The minimum absolute atomic E-state index is 0.0377. The van der Waals surface area contributed by atoms with Crippen LogP contribution in [0.1, 0.15) is 0 Å². The predicted molar refractivity (Wildman–Crippen MR) is 82.4 cm³/mol. The SMILES string of the molecule is O=[N+]([O-])c1cccc(-c2nc(-c3ccc(Cl)cc3)ns2)c1. The van der Waals surface area contributed by atoms with Gasteiger partial charge in [0, 0.05) is 28.3 Å². The van der Waals surface area contributed by atoms with E-state index in [2.05, 4.69) is 9.36 Å². The van der Waals surface area contributed by atoms with Crippen molar-refractivity contribution in [2.24, 2.45) is 0 Å². The lowest BCUT2D eigenvalue weighted by molar-refractivity contribution is -0.384. The topological polar surface area (TPSA) is 68.9 Å². The maximum atomic E-state index is 10.8. The van der Waals surface area contributed by atoms with Crippen molar-refractivity contribution in [2.75, 3.05) is 0 Å². The first-order chi connectivity index (χ1) is 10.1. The van der Waals surface area contributed by atoms with E-state index in [0.717, 1.165) is 5.56 Å². The molecular weight excluding hydrogens is 310 g/mol.